The number of hydrogen-bond acceptors (Lipinski definition) is 4. The van der Waals surface area contributed by atoms with Crippen molar-refractivity contribution >= 4 is 11.4 Å². The third kappa shape index (κ3) is 3.25. The minimum atomic E-state index is -1.22. The van der Waals surface area contributed by atoms with Crippen LogP contribution in [0.25, 0.3) is 0 Å². The Labute approximate surface area is 119 Å². The van der Waals surface area contributed by atoms with Gasteiger partial charge < -0.3 is 10.1 Å². The SMILES string of the molecule is COc1ccccc1CNc1cc(F)cc(F)c1[N+](=O)[O-]. The van der Waals surface area contributed by atoms with Gasteiger partial charge in [-0.2, -0.15) is 4.39 Å². The number of rotatable bonds is 5. The zero-order chi connectivity index (χ0) is 15.4. The Hall–Kier alpha value is -2.70. The molecule has 0 saturated carbocycles. The summed E-state index contributed by atoms with van der Waals surface area (Å²) in [4.78, 5) is 9.98. The Bertz CT molecular complexity index is 677. The van der Waals surface area contributed by atoms with Crippen LogP contribution in [0.3, 0.4) is 0 Å². The van der Waals surface area contributed by atoms with Gasteiger partial charge in [0.15, 0.2) is 0 Å². The van der Waals surface area contributed by atoms with Crippen LogP contribution in [-0.2, 0) is 6.54 Å². The van der Waals surface area contributed by atoms with Gasteiger partial charge in [-0.25, -0.2) is 4.39 Å². The lowest BCUT2D eigenvalue weighted by Crippen LogP contribution is -2.06. The molecule has 21 heavy (non-hydrogen) atoms. The number of nitro benzene ring substituents is 1. The first-order chi connectivity index (χ1) is 10.0. The van der Waals surface area contributed by atoms with Gasteiger partial charge >= 0.3 is 5.69 Å². The molecule has 0 aromatic heterocycles. The molecule has 0 unspecified atom stereocenters. The van der Waals surface area contributed by atoms with E-state index in [2.05, 4.69) is 5.32 Å². The van der Waals surface area contributed by atoms with Gasteiger partial charge in [0.25, 0.3) is 0 Å². The molecule has 2 aromatic rings. The highest BCUT2D eigenvalue weighted by Gasteiger charge is 2.22. The molecule has 0 radical (unpaired) electrons. The van der Waals surface area contributed by atoms with Gasteiger partial charge in [0.2, 0.25) is 5.82 Å². The average molecular weight is 294 g/mol. The zero-order valence-corrected chi connectivity index (χ0v) is 11.1. The quantitative estimate of drug-likeness (QED) is 0.677. The first-order valence-electron chi connectivity index (χ1n) is 6.02. The van der Waals surface area contributed by atoms with Crippen molar-refractivity contribution in [3.05, 3.63) is 63.7 Å². The van der Waals surface area contributed by atoms with Gasteiger partial charge in [0, 0.05) is 24.2 Å². The summed E-state index contributed by atoms with van der Waals surface area (Å²) in [6, 6.07) is 8.36. The van der Waals surface area contributed by atoms with Crippen LogP contribution in [0.15, 0.2) is 36.4 Å². The number of nitrogens with one attached hydrogen (secondary N) is 1. The highest BCUT2D eigenvalue weighted by atomic mass is 19.1. The van der Waals surface area contributed by atoms with Crippen molar-refractivity contribution in [2.45, 2.75) is 6.54 Å². The molecule has 0 amide bonds. The third-order valence-electron chi connectivity index (χ3n) is 2.87. The molecule has 0 spiro atoms. The van der Waals surface area contributed by atoms with E-state index in [1.165, 1.54) is 7.11 Å². The molecule has 110 valence electrons. The standard InChI is InChI=1S/C14H12F2N2O3/c1-21-13-5-3-2-4-9(13)8-17-12-7-10(15)6-11(16)14(12)18(19)20/h2-7,17H,8H2,1H3. The van der Waals surface area contributed by atoms with Crippen LogP contribution in [0, 0.1) is 21.7 Å². The Morgan fingerprint density at radius 1 is 1.29 bits per heavy atom. The first kappa shape index (κ1) is 14.7. The van der Waals surface area contributed by atoms with Gasteiger partial charge in [-0.3, -0.25) is 10.1 Å². The summed E-state index contributed by atoms with van der Waals surface area (Å²) in [5, 5.41) is 13.5. The largest absolute Gasteiger partial charge is 0.496 e. The fourth-order valence-corrected chi connectivity index (χ4v) is 1.93. The van der Waals surface area contributed by atoms with E-state index >= 15 is 0 Å². The molecule has 0 atom stereocenters. The van der Waals surface area contributed by atoms with Crippen molar-refractivity contribution in [2.75, 3.05) is 12.4 Å². The second-order valence-corrected chi connectivity index (χ2v) is 4.21. The van der Waals surface area contributed by atoms with Crippen LogP contribution in [0.1, 0.15) is 5.56 Å². The van der Waals surface area contributed by atoms with E-state index in [0.29, 0.717) is 17.4 Å². The Morgan fingerprint density at radius 2 is 2.00 bits per heavy atom. The van der Waals surface area contributed by atoms with Crippen molar-refractivity contribution in [3.63, 3.8) is 0 Å². The van der Waals surface area contributed by atoms with Crippen molar-refractivity contribution in [1.29, 1.82) is 0 Å². The van der Waals surface area contributed by atoms with Crippen LogP contribution in [0.5, 0.6) is 5.75 Å². The number of anilines is 1. The first-order valence-corrected chi connectivity index (χ1v) is 6.02. The minimum absolute atomic E-state index is 0.133. The maximum absolute atomic E-state index is 13.5. The summed E-state index contributed by atoms with van der Waals surface area (Å²) < 4.78 is 31.8. The van der Waals surface area contributed by atoms with Crippen molar-refractivity contribution < 1.29 is 18.4 Å². The molecule has 2 aromatic carbocycles. The lowest BCUT2D eigenvalue weighted by Gasteiger charge is -2.11. The molecule has 0 saturated heterocycles. The number of methoxy groups -OCH3 is 1. The fourth-order valence-electron chi connectivity index (χ4n) is 1.93. The molecule has 0 aliphatic heterocycles. The Morgan fingerprint density at radius 3 is 2.67 bits per heavy atom. The van der Waals surface area contributed by atoms with E-state index in [9.17, 15) is 18.9 Å². The van der Waals surface area contributed by atoms with Crippen LogP contribution in [0.2, 0.25) is 0 Å². The summed E-state index contributed by atoms with van der Waals surface area (Å²) in [5.41, 5.74) is -0.298. The number of halogens is 2. The number of hydrogen-bond donors (Lipinski definition) is 1. The normalized spacial score (nSPS) is 10.2. The number of nitrogens with zero attached hydrogens (tertiary/aromatic N) is 1. The number of ether oxygens (including phenoxy) is 1. The second kappa shape index (κ2) is 6.17. The average Bonchev–Trinajstić information content (AvgIpc) is 2.44. The van der Waals surface area contributed by atoms with E-state index in [1.54, 1.807) is 24.3 Å². The van der Waals surface area contributed by atoms with Gasteiger partial charge in [-0.05, 0) is 6.07 Å². The zero-order valence-electron chi connectivity index (χ0n) is 11.1. The molecule has 5 nitrogen and oxygen atoms in total. The highest BCUT2D eigenvalue weighted by molar-refractivity contribution is 5.62. The maximum atomic E-state index is 13.5. The van der Waals surface area contributed by atoms with Crippen molar-refractivity contribution in [2.24, 2.45) is 0 Å². The van der Waals surface area contributed by atoms with E-state index in [0.717, 1.165) is 6.07 Å². The fraction of sp³-hybridized carbons (Fsp3) is 0.143. The van der Waals surface area contributed by atoms with E-state index in [4.69, 9.17) is 4.74 Å². The predicted octanol–water partition coefficient (Wildman–Crippen LogP) is 3.49. The molecule has 0 aliphatic rings. The monoisotopic (exact) mass is 294 g/mol. The smallest absolute Gasteiger partial charge is 0.327 e. The maximum Gasteiger partial charge on any atom is 0.327 e. The summed E-state index contributed by atoms with van der Waals surface area (Å²) in [7, 11) is 1.49. The van der Waals surface area contributed by atoms with Crippen LogP contribution < -0.4 is 10.1 Å². The molecule has 1 N–H and O–H groups in total. The summed E-state index contributed by atoms with van der Waals surface area (Å²) in [5.74, 6) is -1.53. The van der Waals surface area contributed by atoms with Gasteiger partial charge in [0.1, 0.15) is 17.3 Å². The number of nitro groups is 1. The van der Waals surface area contributed by atoms with Crippen LogP contribution >= 0.6 is 0 Å². The third-order valence-corrected chi connectivity index (χ3v) is 2.87. The van der Waals surface area contributed by atoms with E-state index in [1.807, 2.05) is 0 Å². The second-order valence-electron chi connectivity index (χ2n) is 4.21. The van der Waals surface area contributed by atoms with Crippen molar-refractivity contribution in [3.8, 4) is 5.75 Å². The summed E-state index contributed by atoms with van der Waals surface area (Å²) in [6.45, 7) is 0.133. The van der Waals surface area contributed by atoms with E-state index < -0.39 is 22.2 Å². The van der Waals surface area contributed by atoms with Crippen molar-refractivity contribution in [1.82, 2.24) is 0 Å². The van der Waals surface area contributed by atoms with Crippen LogP contribution in [-0.4, -0.2) is 12.0 Å². The minimum Gasteiger partial charge on any atom is -0.496 e. The van der Waals surface area contributed by atoms with Gasteiger partial charge in [-0.15, -0.1) is 0 Å². The lowest BCUT2D eigenvalue weighted by molar-refractivity contribution is -0.386. The molecule has 0 aliphatic carbocycles. The number of benzene rings is 2. The summed E-state index contributed by atoms with van der Waals surface area (Å²) >= 11 is 0. The topological polar surface area (TPSA) is 64.4 Å². The highest BCUT2D eigenvalue weighted by Crippen LogP contribution is 2.30. The predicted molar refractivity (Wildman–Crippen MR) is 73.3 cm³/mol. The molecular formula is C14H12F2N2O3. The Kier molecular flexibility index (Phi) is 4.32. The molecular weight excluding hydrogens is 282 g/mol. The lowest BCUT2D eigenvalue weighted by atomic mass is 10.2. The van der Waals surface area contributed by atoms with E-state index in [-0.39, 0.29) is 12.2 Å². The van der Waals surface area contributed by atoms with Gasteiger partial charge in [-0.1, -0.05) is 18.2 Å². The van der Waals surface area contributed by atoms with Gasteiger partial charge in [0.05, 0.1) is 12.0 Å². The molecule has 0 fully saturated rings. The summed E-state index contributed by atoms with van der Waals surface area (Å²) in [6.07, 6.45) is 0. The number of para-hydroxylation sites is 1. The molecule has 0 bridgehead atoms. The molecule has 2 rings (SSSR count). The Balaban J connectivity index is 2.30. The molecule has 0 heterocycles. The molecule has 7 heteroatoms. The van der Waals surface area contributed by atoms with Crippen LogP contribution in [0.4, 0.5) is 20.2 Å².